The van der Waals surface area contributed by atoms with Crippen molar-refractivity contribution in [3.8, 4) is 12.3 Å². The van der Waals surface area contributed by atoms with Gasteiger partial charge in [0.1, 0.15) is 0 Å². The summed E-state index contributed by atoms with van der Waals surface area (Å²) in [5, 5.41) is 0. The average Bonchev–Trinajstić information content (AvgIpc) is 2.36. The van der Waals surface area contributed by atoms with E-state index in [9.17, 15) is 0 Å². The van der Waals surface area contributed by atoms with E-state index in [0.29, 0.717) is 11.3 Å². The molecule has 0 spiro atoms. The highest BCUT2D eigenvalue weighted by Gasteiger charge is 2.32. The van der Waals surface area contributed by atoms with Crippen molar-refractivity contribution in [1.29, 1.82) is 0 Å². The SMILES string of the molecule is C#CC(C)C1(C)CCCC1. The predicted molar refractivity (Wildman–Crippen MR) is 44.6 cm³/mol. The summed E-state index contributed by atoms with van der Waals surface area (Å²) in [5.41, 5.74) is 0.467. The average molecular weight is 136 g/mol. The molecule has 0 aromatic rings. The van der Waals surface area contributed by atoms with E-state index in [1.807, 2.05) is 0 Å². The van der Waals surface area contributed by atoms with Gasteiger partial charge in [0.25, 0.3) is 0 Å². The van der Waals surface area contributed by atoms with Crippen LogP contribution in [0.4, 0.5) is 0 Å². The zero-order valence-corrected chi connectivity index (χ0v) is 6.98. The minimum Gasteiger partial charge on any atom is -0.120 e. The summed E-state index contributed by atoms with van der Waals surface area (Å²) in [5.74, 6) is 3.31. The Morgan fingerprint density at radius 1 is 1.40 bits per heavy atom. The van der Waals surface area contributed by atoms with Gasteiger partial charge in [-0.3, -0.25) is 0 Å². The van der Waals surface area contributed by atoms with E-state index in [4.69, 9.17) is 6.42 Å². The molecule has 1 rings (SSSR count). The lowest BCUT2D eigenvalue weighted by atomic mass is 9.77. The summed E-state index contributed by atoms with van der Waals surface area (Å²) in [6, 6.07) is 0. The summed E-state index contributed by atoms with van der Waals surface area (Å²) in [7, 11) is 0. The van der Waals surface area contributed by atoms with Crippen LogP contribution in [0.1, 0.15) is 39.5 Å². The number of hydrogen-bond acceptors (Lipinski definition) is 0. The number of hydrogen-bond donors (Lipinski definition) is 0. The molecule has 1 fully saturated rings. The Labute approximate surface area is 64.0 Å². The largest absolute Gasteiger partial charge is 0.120 e. The van der Waals surface area contributed by atoms with E-state index in [0.717, 1.165) is 0 Å². The summed E-state index contributed by atoms with van der Waals surface area (Å²) < 4.78 is 0. The first-order valence-electron chi connectivity index (χ1n) is 4.15. The van der Waals surface area contributed by atoms with Crippen LogP contribution in [0.2, 0.25) is 0 Å². The standard InChI is InChI=1S/C10H16/c1-4-9(2)10(3)7-5-6-8-10/h1,9H,5-8H2,2-3H3. The van der Waals surface area contributed by atoms with E-state index in [2.05, 4.69) is 19.8 Å². The highest BCUT2D eigenvalue weighted by molar-refractivity contribution is 5.00. The fourth-order valence-corrected chi connectivity index (χ4v) is 1.82. The third-order valence-electron chi connectivity index (χ3n) is 3.04. The normalized spacial score (nSPS) is 25.7. The monoisotopic (exact) mass is 136 g/mol. The molecule has 0 amide bonds. The zero-order chi connectivity index (χ0) is 7.61. The van der Waals surface area contributed by atoms with Crippen LogP contribution in [-0.2, 0) is 0 Å². The summed E-state index contributed by atoms with van der Waals surface area (Å²) in [4.78, 5) is 0. The van der Waals surface area contributed by atoms with Crippen molar-refractivity contribution in [3.05, 3.63) is 0 Å². The second kappa shape index (κ2) is 2.66. The number of rotatable bonds is 1. The molecule has 0 heteroatoms. The summed E-state index contributed by atoms with van der Waals surface area (Å²) in [6.07, 6.45) is 10.8. The molecule has 0 bridgehead atoms. The Bertz CT molecular complexity index is 144. The van der Waals surface area contributed by atoms with Crippen molar-refractivity contribution in [3.63, 3.8) is 0 Å². The maximum absolute atomic E-state index is 5.39. The second-order valence-electron chi connectivity index (χ2n) is 3.75. The topological polar surface area (TPSA) is 0 Å². The molecule has 0 radical (unpaired) electrons. The van der Waals surface area contributed by atoms with E-state index in [1.54, 1.807) is 0 Å². The Hall–Kier alpha value is -0.440. The van der Waals surface area contributed by atoms with Gasteiger partial charge in [0.05, 0.1) is 0 Å². The van der Waals surface area contributed by atoms with Crippen LogP contribution < -0.4 is 0 Å². The minimum absolute atomic E-state index is 0.467. The van der Waals surface area contributed by atoms with E-state index in [-0.39, 0.29) is 0 Å². The van der Waals surface area contributed by atoms with Crippen molar-refractivity contribution < 1.29 is 0 Å². The molecular weight excluding hydrogens is 120 g/mol. The van der Waals surface area contributed by atoms with Crippen LogP contribution in [0.25, 0.3) is 0 Å². The Morgan fingerprint density at radius 3 is 2.30 bits per heavy atom. The highest BCUT2D eigenvalue weighted by Crippen LogP contribution is 2.43. The molecule has 1 saturated carbocycles. The van der Waals surface area contributed by atoms with Gasteiger partial charge in [-0.05, 0) is 18.3 Å². The van der Waals surface area contributed by atoms with Gasteiger partial charge in [-0.1, -0.05) is 26.7 Å². The zero-order valence-electron chi connectivity index (χ0n) is 6.98. The van der Waals surface area contributed by atoms with Crippen molar-refractivity contribution >= 4 is 0 Å². The van der Waals surface area contributed by atoms with E-state index >= 15 is 0 Å². The highest BCUT2D eigenvalue weighted by atomic mass is 14.4. The Morgan fingerprint density at radius 2 is 1.90 bits per heavy atom. The van der Waals surface area contributed by atoms with Gasteiger partial charge in [0.2, 0.25) is 0 Å². The first-order valence-corrected chi connectivity index (χ1v) is 4.15. The smallest absolute Gasteiger partial charge is 0.0225 e. The van der Waals surface area contributed by atoms with Gasteiger partial charge in [-0.25, -0.2) is 0 Å². The summed E-state index contributed by atoms with van der Waals surface area (Å²) in [6.45, 7) is 4.50. The van der Waals surface area contributed by atoms with Crippen LogP contribution in [-0.4, -0.2) is 0 Å². The molecule has 0 heterocycles. The molecule has 10 heavy (non-hydrogen) atoms. The Balaban J connectivity index is 2.60. The van der Waals surface area contributed by atoms with Gasteiger partial charge >= 0.3 is 0 Å². The minimum atomic E-state index is 0.467. The fourth-order valence-electron chi connectivity index (χ4n) is 1.82. The molecule has 0 saturated heterocycles. The molecule has 1 atom stereocenters. The van der Waals surface area contributed by atoms with E-state index in [1.165, 1.54) is 25.7 Å². The van der Waals surface area contributed by atoms with Gasteiger partial charge in [-0.2, -0.15) is 0 Å². The quantitative estimate of drug-likeness (QED) is 0.486. The molecule has 0 N–H and O–H groups in total. The van der Waals surface area contributed by atoms with Crippen LogP contribution in [0.3, 0.4) is 0 Å². The van der Waals surface area contributed by atoms with Gasteiger partial charge in [-0.15, -0.1) is 12.3 Å². The van der Waals surface area contributed by atoms with Crippen LogP contribution in [0, 0.1) is 23.7 Å². The lowest BCUT2D eigenvalue weighted by molar-refractivity contribution is 0.262. The van der Waals surface area contributed by atoms with Crippen molar-refractivity contribution in [2.45, 2.75) is 39.5 Å². The molecule has 56 valence electrons. The van der Waals surface area contributed by atoms with Gasteiger partial charge in [0, 0.05) is 5.92 Å². The van der Waals surface area contributed by atoms with Crippen molar-refractivity contribution in [2.24, 2.45) is 11.3 Å². The van der Waals surface area contributed by atoms with Gasteiger partial charge in [0.15, 0.2) is 0 Å². The van der Waals surface area contributed by atoms with Crippen LogP contribution in [0.15, 0.2) is 0 Å². The predicted octanol–water partition coefficient (Wildman–Crippen LogP) is 2.84. The Kier molecular flexibility index (Phi) is 2.04. The third kappa shape index (κ3) is 1.19. The number of terminal acetylenes is 1. The third-order valence-corrected chi connectivity index (χ3v) is 3.04. The molecule has 1 aliphatic rings. The van der Waals surface area contributed by atoms with Gasteiger partial charge < -0.3 is 0 Å². The lowest BCUT2D eigenvalue weighted by Gasteiger charge is -2.27. The maximum atomic E-state index is 5.39. The van der Waals surface area contributed by atoms with Crippen LogP contribution in [0.5, 0.6) is 0 Å². The lowest BCUT2D eigenvalue weighted by Crippen LogP contribution is -2.19. The molecular formula is C10H16. The molecule has 1 aliphatic carbocycles. The fraction of sp³-hybridized carbons (Fsp3) is 0.800. The first kappa shape index (κ1) is 7.66. The molecule has 0 nitrogen and oxygen atoms in total. The van der Waals surface area contributed by atoms with Crippen LogP contribution >= 0.6 is 0 Å². The molecule has 0 aliphatic heterocycles. The van der Waals surface area contributed by atoms with Crippen molar-refractivity contribution in [2.75, 3.05) is 0 Å². The first-order chi connectivity index (χ1) is 4.69. The van der Waals surface area contributed by atoms with E-state index < -0.39 is 0 Å². The molecule has 1 unspecified atom stereocenters. The van der Waals surface area contributed by atoms with Crippen molar-refractivity contribution in [1.82, 2.24) is 0 Å². The summed E-state index contributed by atoms with van der Waals surface area (Å²) >= 11 is 0. The molecule has 0 aromatic carbocycles. The molecule has 0 aromatic heterocycles. The second-order valence-corrected chi connectivity index (χ2v) is 3.75. The maximum Gasteiger partial charge on any atom is 0.0225 e.